The normalized spacial score (nSPS) is 10.6. The zero-order valence-electron chi connectivity index (χ0n) is 12.1. The third kappa shape index (κ3) is 2.76. The number of aromatic nitrogens is 4. The topological polar surface area (TPSA) is 55.6 Å². The molecule has 5 nitrogen and oxygen atoms in total. The molecule has 0 spiro atoms. The smallest absolute Gasteiger partial charge is 0.165 e. The Morgan fingerprint density at radius 1 is 1.10 bits per heavy atom. The average molecular weight is 279 g/mol. The number of hydrogen-bond acceptors (Lipinski definition) is 4. The Hall–Kier alpha value is -2.69. The molecule has 0 atom stereocenters. The molecule has 0 saturated carbocycles. The third-order valence-corrected chi connectivity index (χ3v) is 3.27. The minimum absolute atomic E-state index is 0.681. The van der Waals surface area contributed by atoms with Crippen LogP contribution < -0.4 is 5.32 Å². The SMILES string of the molecule is CCn1cc(-c2nc(NC)cc(-c3ccccc3)n2)cn1. The average Bonchev–Trinajstić information content (AvgIpc) is 3.04. The third-order valence-electron chi connectivity index (χ3n) is 3.27. The molecule has 0 fully saturated rings. The van der Waals surface area contributed by atoms with Crippen molar-refractivity contribution in [2.45, 2.75) is 13.5 Å². The molecule has 2 aromatic heterocycles. The summed E-state index contributed by atoms with van der Waals surface area (Å²) in [7, 11) is 1.86. The standard InChI is InChI=1S/C16H17N5/c1-3-21-11-13(10-18-21)16-19-14(9-15(17-2)20-16)12-7-5-4-6-8-12/h4-11H,3H2,1-2H3,(H,17,19,20). The lowest BCUT2D eigenvalue weighted by atomic mass is 10.1. The highest BCUT2D eigenvalue weighted by Gasteiger charge is 2.09. The van der Waals surface area contributed by atoms with Crippen LogP contribution in [0.5, 0.6) is 0 Å². The van der Waals surface area contributed by atoms with Gasteiger partial charge in [-0.2, -0.15) is 5.10 Å². The minimum Gasteiger partial charge on any atom is -0.373 e. The maximum Gasteiger partial charge on any atom is 0.165 e. The van der Waals surface area contributed by atoms with E-state index in [9.17, 15) is 0 Å². The number of rotatable bonds is 4. The Morgan fingerprint density at radius 2 is 1.90 bits per heavy atom. The van der Waals surface area contributed by atoms with E-state index in [1.54, 1.807) is 6.20 Å². The van der Waals surface area contributed by atoms with Crippen LogP contribution in [0.3, 0.4) is 0 Å². The van der Waals surface area contributed by atoms with E-state index in [4.69, 9.17) is 0 Å². The number of nitrogens with zero attached hydrogens (tertiary/aromatic N) is 4. The van der Waals surface area contributed by atoms with Gasteiger partial charge in [-0.3, -0.25) is 4.68 Å². The van der Waals surface area contributed by atoms with Crippen molar-refractivity contribution >= 4 is 5.82 Å². The van der Waals surface area contributed by atoms with Crippen molar-refractivity contribution in [3.8, 4) is 22.6 Å². The number of nitrogens with one attached hydrogen (secondary N) is 1. The molecule has 3 aromatic rings. The first-order chi connectivity index (χ1) is 10.3. The highest BCUT2D eigenvalue weighted by Crippen LogP contribution is 2.23. The molecule has 0 unspecified atom stereocenters. The summed E-state index contributed by atoms with van der Waals surface area (Å²) in [6.07, 6.45) is 3.76. The minimum atomic E-state index is 0.681. The van der Waals surface area contributed by atoms with E-state index >= 15 is 0 Å². The summed E-state index contributed by atoms with van der Waals surface area (Å²) in [6, 6.07) is 12.0. The van der Waals surface area contributed by atoms with Gasteiger partial charge < -0.3 is 5.32 Å². The Kier molecular flexibility index (Phi) is 3.64. The van der Waals surface area contributed by atoms with Crippen LogP contribution in [0.1, 0.15) is 6.92 Å². The summed E-state index contributed by atoms with van der Waals surface area (Å²) in [5.74, 6) is 1.48. The zero-order chi connectivity index (χ0) is 14.7. The summed E-state index contributed by atoms with van der Waals surface area (Å²) < 4.78 is 1.87. The number of aryl methyl sites for hydroxylation is 1. The van der Waals surface area contributed by atoms with Gasteiger partial charge in [0.2, 0.25) is 0 Å². The van der Waals surface area contributed by atoms with Crippen molar-refractivity contribution in [2.75, 3.05) is 12.4 Å². The molecule has 0 saturated heterocycles. The van der Waals surface area contributed by atoms with Gasteiger partial charge in [0.05, 0.1) is 17.5 Å². The monoisotopic (exact) mass is 279 g/mol. The molecule has 0 amide bonds. The van der Waals surface area contributed by atoms with E-state index in [1.807, 2.05) is 54.3 Å². The first-order valence-electron chi connectivity index (χ1n) is 6.95. The van der Waals surface area contributed by atoms with E-state index in [0.717, 1.165) is 29.2 Å². The molecule has 0 aliphatic heterocycles. The first kappa shape index (κ1) is 13.3. The van der Waals surface area contributed by atoms with Crippen LogP contribution in [0.25, 0.3) is 22.6 Å². The molecule has 0 bridgehead atoms. The highest BCUT2D eigenvalue weighted by molar-refractivity contribution is 5.66. The van der Waals surface area contributed by atoms with E-state index in [-0.39, 0.29) is 0 Å². The number of anilines is 1. The largest absolute Gasteiger partial charge is 0.373 e. The van der Waals surface area contributed by atoms with E-state index < -0.39 is 0 Å². The Balaban J connectivity index is 2.09. The van der Waals surface area contributed by atoms with Crippen LogP contribution in [0.15, 0.2) is 48.8 Å². The van der Waals surface area contributed by atoms with Crippen LogP contribution >= 0.6 is 0 Å². The second-order valence-electron chi connectivity index (χ2n) is 4.66. The molecule has 0 aliphatic carbocycles. The fourth-order valence-electron chi connectivity index (χ4n) is 2.11. The Morgan fingerprint density at radius 3 is 2.57 bits per heavy atom. The lowest BCUT2D eigenvalue weighted by Crippen LogP contribution is -1.98. The molecule has 0 radical (unpaired) electrons. The molecular weight excluding hydrogens is 262 g/mol. The van der Waals surface area contributed by atoms with E-state index in [1.165, 1.54) is 0 Å². The van der Waals surface area contributed by atoms with E-state index in [0.29, 0.717) is 5.82 Å². The molecule has 21 heavy (non-hydrogen) atoms. The van der Waals surface area contributed by atoms with Crippen LogP contribution in [0.4, 0.5) is 5.82 Å². The van der Waals surface area contributed by atoms with Crippen LogP contribution in [-0.4, -0.2) is 26.8 Å². The van der Waals surface area contributed by atoms with E-state index in [2.05, 4.69) is 27.3 Å². The number of benzene rings is 1. The van der Waals surface area contributed by atoms with Crippen LogP contribution in [0.2, 0.25) is 0 Å². The molecule has 106 valence electrons. The lowest BCUT2D eigenvalue weighted by molar-refractivity contribution is 0.660. The van der Waals surface area contributed by atoms with Gasteiger partial charge in [-0.25, -0.2) is 9.97 Å². The van der Waals surface area contributed by atoms with Gasteiger partial charge in [0.25, 0.3) is 0 Å². The van der Waals surface area contributed by atoms with Gasteiger partial charge in [0.15, 0.2) is 5.82 Å². The molecular formula is C16H17N5. The van der Waals surface area contributed by atoms with Crippen LogP contribution in [-0.2, 0) is 6.54 Å². The summed E-state index contributed by atoms with van der Waals surface area (Å²) in [4.78, 5) is 9.18. The summed E-state index contributed by atoms with van der Waals surface area (Å²) in [5.41, 5.74) is 2.89. The highest BCUT2D eigenvalue weighted by atomic mass is 15.3. The Bertz CT molecular complexity index is 733. The van der Waals surface area contributed by atoms with Crippen molar-refractivity contribution in [3.63, 3.8) is 0 Å². The fraction of sp³-hybridized carbons (Fsp3) is 0.188. The first-order valence-corrected chi connectivity index (χ1v) is 6.95. The Labute approximate surface area is 123 Å². The van der Waals surface area contributed by atoms with Crippen molar-refractivity contribution in [1.29, 1.82) is 0 Å². The molecule has 5 heteroatoms. The number of hydrogen-bond donors (Lipinski definition) is 1. The van der Waals surface area contributed by atoms with Gasteiger partial charge in [0.1, 0.15) is 5.82 Å². The molecule has 1 aromatic carbocycles. The molecule has 1 N–H and O–H groups in total. The second-order valence-corrected chi connectivity index (χ2v) is 4.66. The van der Waals surface area contributed by atoms with Crippen molar-refractivity contribution in [2.24, 2.45) is 0 Å². The van der Waals surface area contributed by atoms with Crippen molar-refractivity contribution in [3.05, 3.63) is 48.8 Å². The van der Waals surface area contributed by atoms with Gasteiger partial charge in [-0.1, -0.05) is 30.3 Å². The van der Waals surface area contributed by atoms with Gasteiger partial charge >= 0.3 is 0 Å². The quantitative estimate of drug-likeness (QED) is 0.797. The summed E-state index contributed by atoms with van der Waals surface area (Å²) in [5, 5.41) is 7.37. The maximum absolute atomic E-state index is 4.67. The summed E-state index contributed by atoms with van der Waals surface area (Å²) in [6.45, 7) is 2.88. The molecule has 2 heterocycles. The predicted octanol–water partition coefficient (Wildman–Crippen LogP) is 3.07. The maximum atomic E-state index is 4.67. The van der Waals surface area contributed by atoms with Gasteiger partial charge in [0, 0.05) is 31.4 Å². The predicted molar refractivity (Wildman–Crippen MR) is 83.9 cm³/mol. The van der Waals surface area contributed by atoms with Gasteiger partial charge in [-0.15, -0.1) is 0 Å². The lowest BCUT2D eigenvalue weighted by Gasteiger charge is -2.07. The van der Waals surface area contributed by atoms with Crippen molar-refractivity contribution in [1.82, 2.24) is 19.7 Å². The fourth-order valence-corrected chi connectivity index (χ4v) is 2.11. The van der Waals surface area contributed by atoms with Crippen LogP contribution in [0, 0.1) is 0 Å². The summed E-state index contributed by atoms with van der Waals surface area (Å²) >= 11 is 0. The zero-order valence-corrected chi connectivity index (χ0v) is 12.1. The molecule has 0 aliphatic rings. The van der Waals surface area contributed by atoms with Crippen molar-refractivity contribution < 1.29 is 0 Å². The molecule has 3 rings (SSSR count). The van der Waals surface area contributed by atoms with Gasteiger partial charge in [-0.05, 0) is 6.92 Å². The second kappa shape index (κ2) is 5.75.